The van der Waals surface area contributed by atoms with Crippen LogP contribution in [0, 0.1) is 11.8 Å². The van der Waals surface area contributed by atoms with Gasteiger partial charge in [-0.3, -0.25) is 4.79 Å². The van der Waals surface area contributed by atoms with Gasteiger partial charge in [-0.2, -0.15) is 0 Å². The molecule has 1 atom stereocenters. The molecule has 0 aliphatic carbocycles. The summed E-state index contributed by atoms with van der Waals surface area (Å²) in [5, 5.41) is 5.70. The van der Waals surface area contributed by atoms with E-state index < -0.39 is 0 Å². The Balaban J connectivity index is 1.86. The number of carbonyl (C=O) groups excluding carboxylic acids is 2. The van der Waals surface area contributed by atoms with Crippen molar-refractivity contribution >= 4 is 11.9 Å². The number of hydrogen-bond acceptors (Lipinski definition) is 2. The lowest BCUT2D eigenvalue weighted by Gasteiger charge is -2.28. The maximum absolute atomic E-state index is 12.2. The van der Waals surface area contributed by atoms with Gasteiger partial charge in [0.2, 0.25) is 5.91 Å². The summed E-state index contributed by atoms with van der Waals surface area (Å²) in [6, 6.07) is 10.2. The molecule has 5 heteroatoms. The molecule has 5 nitrogen and oxygen atoms in total. The van der Waals surface area contributed by atoms with E-state index in [1.807, 2.05) is 18.2 Å². The molecule has 0 bridgehead atoms. The quantitative estimate of drug-likeness (QED) is 0.869. The monoisotopic (exact) mass is 303 g/mol. The molecule has 0 unspecified atom stereocenters. The summed E-state index contributed by atoms with van der Waals surface area (Å²) in [6.07, 6.45) is 0.944. The Kier molecular flexibility index (Phi) is 5.81. The summed E-state index contributed by atoms with van der Waals surface area (Å²) >= 11 is 0. The third-order valence-corrected chi connectivity index (χ3v) is 4.12. The van der Waals surface area contributed by atoms with Gasteiger partial charge in [-0.05, 0) is 23.8 Å². The summed E-state index contributed by atoms with van der Waals surface area (Å²) in [5.74, 6) is 0.765. The molecule has 1 saturated heterocycles. The van der Waals surface area contributed by atoms with Crippen molar-refractivity contribution in [3.8, 4) is 0 Å². The van der Waals surface area contributed by atoms with E-state index in [0.717, 1.165) is 6.42 Å². The molecule has 1 aromatic rings. The van der Waals surface area contributed by atoms with Gasteiger partial charge in [-0.1, -0.05) is 44.2 Å². The van der Waals surface area contributed by atoms with Gasteiger partial charge in [0.1, 0.15) is 6.54 Å². The zero-order chi connectivity index (χ0) is 15.9. The first-order chi connectivity index (χ1) is 10.6. The van der Waals surface area contributed by atoms with E-state index in [2.05, 4.69) is 36.6 Å². The van der Waals surface area contributed by atoms with Crippen LogP contribution in [0.25, 0.3) is 0 Å². The Bertz CT molecular complexity index is 502. The Morgan fingerprint density at radius 1 is 1.32 bits per heavy atom. The van der Waals surface area contributed by atoms with Gasteiger partial charge in [-0.25, -0.2) is 4.79 Å². The van der Waals surface area contributed by atoms with Crippen molar-refractivity contribution < 1.29 is 9.59 Å². The van der Waals surface area contributed by atoms with E-state index in [9.17, 15) is 9.59 Å². The van der Waals surface area contributed by atoms with Gasteiger partial charge in [0.25, 0.3) is 0 Å². The topological polar surface area (TPSA) is 61.4 Å². The fraction of sp³-hybridized carbons (Fsp3) is 0.529. The van der Waals surface area contributed by atoms with Crippen molar-refractivity contribution in [1.82, 2.24) is 15.5 Å². The second-order valence-corrected chi connectivity index (χ2v) is 6.15. The van der Waals surface area contributed by atoms with Crippen molar-refractivity contribution in [3.05, 3.63) is 35.9 Å². The number of hydrogen-bond donors (Lipinski definition) is 2. The summed E-state index contributed by atoms with van der Waals surface area (Å²) < 4.78 is 0. The number of urea groups is 1. The van der Waals surface area contributed by atoms with Crippen LogP contribution < -0.4 is 10.6 Å². The zero-order valence-corrected chi connectivity index (χ0v) is 13.3. The normalized spacial score (nSPS) is 16.3. The zero-order valence-electron chi connectivity index (χ0n) is 13.3. The van der Waals surface area contributed by atoms with Crippen LogP contribution in [0.4, 0.5) is 4.79 Å². The minimum Gasteiger partial charge on any atom is -0.353 e. The van der Waals surface area contributed by atoms with Gasteiger partial charge in [-0.15, -0.1) is 0 Å². The molecule has 22 heavy (non-hydrogen) atoms. The molecule has 1 aliphatic rings. The van der Waals surface area contributed by atoms with Crippen LogP contribution in [-0.2, 0) is 11.2 Å². The summed E-state index contributed by atoms with van der Waals surface area (Å²) in [5.41, 5.74) is 1.28. The molecule has 0 aromatic heterocycles. The lowest BCUT2D eigenvalue weighted by Crippen LogP contribution is -2.53. The predicted molar refractivity (Wildman–Crippen MR) is 86.5 cm³/mol. The fourth-order valence-electron chi connectivity index (χ4n) is 2.60. The van der Waals surface area contributed by atoms with E-state index in [4.69, 9.17) is 0 Å². The molecule has 2 N–H and O–H groups in total. The van der Waals surface area contributed by atoms with Crippen LogP contribution in [0.3, 0.4) is 0 Å². The first kappa shape index (κ1) is 16.3. The van der Waals surface area contributed by atoms with Crippen LogP contribution >= 0.6 is 0 Å². The van der Waals surface area contributed by atoms with E-state index in [-0.39, 0.29) is 18.5 Å². The lowest BCUT2D eigenvalue weighted by atomic mass is 9.89. The van der Waals surface area contributed by atoms with Crippen LogP contribution in [0.1, 0.15) is 19.4 Å². The number of rotatable bonds is 5. The highest BCUT2D eigenvalue weighted by molar-refractivity contribution is 5.85. The number of benzene rings is 1. The number of amides is 3. The molecular formula is C17H25N3O2. The largest absolute Gasteiger partial charge is 0.353 e. The van der Waals surface area contributed by atoms with E-state index in [1.165, 1.54) is 5.56 Å². The second kappa shape index (κ2) is 7.82. The first-order valence-corrected chi connectivity index (χ1v) is 7.89. The Morgan fingerprint density at radius 3 is 2.68 bits per heavy atom. The van der Waals surface area contributed by atoms with Gasteiger partial charge in [0, 0.05) is 19.6 Å². The van der Waals surface area contributed by atoms with Crippen molar-refractivity contribution in [3.63, 3.8) is 0 Å². The van der Waals surface area contributed by atoms with Crippen molar-refractivity contribution in [2.75, 3.05) is 26.2 Å². The molecular weight excluding hydrogens is 278 g/mol. The van der Waals surface area contributed by atoms with Gasteiger partial charge >= 0.3 is 6.03 Å². The third-order valence-electron chi connectivity index (χ3n) is 4.12. The molecule has 0 saturated carbocycles. The molecule has 1 aromatic carbocycles. The van der Waals surface area contributed by atoms with Gasteiger partial charge in [0.05, 0.1) is 0 Å². The highest BCUT2D eigenvalue weighted by atomic mass is 16.2. The summed E-state index contributed by atoms with van der Waals surface area (Å²) in [6.45, 7) is 6.23. The average Bonchev–Trinajstić information content (AvgIpc) is 2.51. The molecule has 3 amide bonds. The highest BCUT2D eigenvalue weighted by Crippen LogP contribution is 2.16. The van der Waals surface area contributed by atoms with E-state index in [1.54, 1.807) is 4.90 Å². The molecule has 120 valence electrons. The lowest BCUT2D eigenvalue weighted by molar-refractivity contribution is -0.123. The van der Waals surface area contributed by atoms with E-state index >= 15 is 0 Å². The van der Waals surface area contributed by atoms with Gasteiger partial charge < -0.3 is 15.5 Å². The Morgan fingerprint density at radius 2 is 2.05 bits per heavy atom. The standard InChI is InChI=1S/C17H25N3O2/c1-13(2)15(10-14-6-4-3-5-7-14)11-19-17(22)20-9-8-18-16(21)12-20/h3-7,13,15H,8-12H2,1-2H3,(H,18,21)(H,19,22)/t15-/m0/s1. The highest BCUT2D eigenvalue weighted by Gasteiger charge is 2.22. The first-order valence-electron chi connectivity index (χ1n) is 7.89. The number of piperazine rings is 1. The number of nitrogens with one attached hydrogen (secondary N) is 2. The Hall–Kier alpha value is -2.04. The van der Waals surface area contributed by atoms with Crippen LogP contribution in [0.5, 0.6) is 0 Å². The predicted octanol–water partition coefficient (Wildman–Crippen LogP) is 1.64. The average molecular weight is 303 g/mol. The van der Waals surface area contributed by atoms with Crippen LogP contribution in [-0.4, -0.2) is 43.0 Å². The van der Waals surface area contributed by atoms with Crippen LogP contribution in [0.15, 0.2) is 30.3 Å². The maximum Gasteiger partial charge on any atom is 0.317 e. The molecule has 1 aliphatic heterocycles. The van der Waals surface area contributed by atoms with E-state index in [0.29, 0.717) is 31.5 Å². The number of carbonyl (C=O) groups is 2. The minimum absolute atomic E-state index is 0.0916. The maximum atomic E-state index is 12.2. The van der Waals surface area contributed by atoms with Gasteiger partial charge in [0.15, 0.2) is 0 Å². The van der Waals surface area contributed by atoms with Crippen LogP contribution in [0.2, 0.25) is 0 Å². The summed E-state index contributed by atoms with van der Waals surface area (Å²) in [7, 11) is 0. The molecule has 0 spiro atoms. The number of nitrogens with zero attached hydrogens (tertiary/aromatic N) is 1. The third kappa shape index (κ3) is 4.76. The minimum atomic E-state index is -0.145. The smallest absolute Gasteiger partial charge is 0.317 e. The van der Waals surface area contributed by atoms with Crippen molar-refractivity contribution in [1.29, 1.82) is 0 Å². The van der Waals surface area contributed by atoms with Crippen molar-refractivity contribution in [2.24, 2.45) is 11.8 Å². The fourth-order valence-corrected chi connectivity index (χ4v) is 2.60. The summed E-state index contributed by atoms with van der Waals surface area (Å²) in [4.78, 5) is 25.1. The second-order valence-electron chi connectivity index (χ2n) is 6.15. The molecule has 1 fully saturated rings. The Labute approximate surface area is 132 Å². The van der Waals surface area contributed by atoms with Crippen molar-refractivity contribution in [2.45, 2.75) is 20.3 Å². The molecule has 1 heterocycles. The SMILES string of the molecule is CC(C)[C@H](CNC(=O)N1CCNC(=O)C1)Cc1ccccc1. The molecule has 0 radical (unpaired) electrons. The molecule has 2 rings (SSSR count).